The summed E-state index contributed by atoms with van der Waals surface area (Å²) >= 11 is 0. The molecule has 1 aromatic carbocycles. The number of nitrogens with one attached hydrogen (secondary N) is 2. The third-order valence-corrected chi connectivity index (χ3v) is 3.12. The van der Waals surface area contributed by atoms with Gasteiger partial charge >= 0.3 is 5.97 Å². The molecule has 1 heterocycles. The van der Waals surface area contributed by atoms with Crippen LogP contribution in [-0.4, -0.2) is 37.4 Å². The zero-order valence-corrected chi connectivity index (χ0v) is 12.8. The van der Waals surface area contributed by atoms with Gasteiger partial charge in [-0.3, -0.25) is 0 Å². The number of H-pyrrole nitrogens is 1. The Morgan fingerprint density at radius 2 is 2.14 bits per heavy atom. The zero-order valence-electron chi connectivity index (χ0n) is 12.8. The Morgan fingerprint density at radius 3 is 2.82 bits per heavy atom. The predicted molar refractivity (Wildman–Crippen MR) is 83.2 cm³/mol. The molecule has 0 radical (unpaired) electrons. The minimum absolute atomic E-state index is 0.0342. The van der Waals surface area contributed by atoms with Crippen molar-refractivity contribution in [3.05, 3.63) is 30.0 Å². The molecule has 0 aliphatic carbocycles. The Labute approximate surface area is 129 Å². The molecule has 0 bridgehead atoms. The monoisotopic (exact) mass is 305 g/mol. The lowest BCUT2D eigenvalue weighted by Gasteiger charge is -2.11. The van der Waals surface area contributed by atoms with Gasteiger partial charge in [-0.15, -0.1) is 0 Å². The number of ether oxygens (including phenoxy) is 2. The summed E-state index contributed by atoms with van der Waals surface area (Å²) in [6.45, 7) is 4.84. The van der Waals surface area contributed by atoms with Crippen LogP contribution in [0.5, 0.6) is 5.75 Å². The van der Waals surface area contributed by atoms with E-state index in [0.29, 0.717) is 31.0 Å². The van der Waals surface area contributed by atoms with Gasteiger partial charge in [0.05, 0.1) is 30.9 Å². The summed E-state index contributed by atoms with van der Waals surface area (Å²) in [7, 11) is 0. The SMILES string of the molecule is CCOC(=O)c1c[nH+]c2ccc(OCC)cc2c1NCCO. The number of esters is 1. The Bertz CT molecular complexity index is 658. The van der Waals surface area contributed by atoms with Gasteiger partial charge in [0.15, 0.2) is 6.20 Å². The molecule has 2 aromatic rings. The van der Waals surface area contributed by atoms with Crippen LogP contribution in [0.1, 0.15) is 24.2 Å². The third-order valence-electron chi connectivity index (χ3n) is 3.12. The summed E-state index contributed by atoms with van der Waals surface area (Å²) in [6, 6.07) is 5.61. The summed E-state index contributed by atoms with van der Waals surface area (Å²) in [5, 5.41) is 13.0. The molecule has 0 aliphatic rings. The first kappa shape index (κ1) is 16.0. The van der Waals surface area contributed by atoms with Crippen molar-refractivity contribution in [3.8, 4) is 5.75 Å². The van der Waals surface area contributed by atoms with Crippen LogP contribution in [0.2, 0.25) is 0 Å². The van der Waals surface area contributed by atoms with Crippen molar-refractivity contribution in [2.75, 3.05) is 31.7 Å². The number of pyridine rings is 1. The van der Waals surface area contributed by atoms with E-state index in [-0.39, 0.29) is 6.61 Å². The largest absolute Gasteiger partial charge is 0.494 e. The number of carbonyl (C=O) groups is 1. The molecule has 2 rings (SSSR count). The topological polar surface area (TPSA) is 81.9 Å². The Hall–Kier alpha value is -2.34. The van der Waals surface area contributed by atoms with Crippen LogP contribution in [0.4, 0.5) is 5.69 Å². The highest BCUT2D eigenvalue weighted by molar-refractivity contribution is 6.04. The molecule has 0 spiro atoms. The molecule has 0 aliphatic heterocycles. The van der Waals surface area contributed by atoms with E-state index in [9.17, 15) is 4.79 Å². The highest BCUT2D eigenvalue weighted by Gasteiger charge is 2.20. The standard InChI is InChI=1S/C16H20N2O4/c1-3-21-11-5-6-14-12(9-11)15(17-7-8-19)13(10-18-14)16(20)22-4-2/h5-6,9-10,19H,3-4,7-8H2,1-2H3,(H,17,18)/p+1. The highest BCUT2D eigenvalue weighted by Crippen LogP contribution is 2.28. The van der Waals surface area contributed by atoms with Gasteiger partial charge in [-0.25, -0.2) is 9.78 Å². The van der Waals surface area contributed by atoms with E-state index in [1.165, 1.54) is 0 Å². The number of benzene rings is 1. The first-order valence-electron chi connectivity index (χ1n) is 7.34. The van der Waals surface area contributed by atoms with E-state index in [2.05, 4.69) is 10.3 Å². The van der Waals surface area contributed by atoms with E-state index < -0.39 is 5.97 Å². The third kappa shape index (κ3) is 3.46. The van der Waals surface area contributed by atoms with Crippen LogP contribution in [0, 0.1) is 0 Å². The number of aromatic amines is 1. The maximum absolute atomic E-state index is 12.1. The molecule has 22 heavy (non-hydrogen) atoms. The molecule has 0 unspecified atom stereocenters. The van der Waals surface area contributed by atoms with E-state index in [1.807, 2.05) is 25.1 Å². The van der Waals surface area contributed by atoms with Gasteiger partial charge in [0.2, 0.25) is 5.52 Å². The second-order valence-electron chi connectivity index (χ2n) is 4.59. The van der Waals surface area contributed by atoms with Gasteiger partial charge in [0.25, 0.3) is 0 Å². The summed E-state index contributed by atoms with van der Waals surface area (Å²) in [4.78, 5) is 15.2. The fourth-order valence-corrected chi connectivity index (χ4v) is 2.22. The molecule has 0 atom stereocenters. The van der Waals surface area contributed by atoms with Gasteiger partial charge in [-0.05, 0) is 26.0 Å². The number of rotatable bonds is 7. The molecular formula is C16H21N2O4+. The maximum atomic E-state index is 12.1. The summed E-state index contributed by atoms with van der Waals surface area (Å²) in [5.74, 6) is 0.305. The number of carbonyl (C=O) groups excluding carboxylic acids is 1. The van der Waals surface area contributed by atoms with Crippen molar-refractivity contribution in [2.45, 2.75) is 13.8 Å². The van der Waals surface area contributed by atoms with Crippen molar-refractivity contribution in [1.29, 1.82) is 0 Å². The number of hydrogen-bond acceptors (Lipinski definition) is 5. The van der Waals surface area contributed by atoms with Crippen LogP contribution in [-0.2, 0) is 4.74 Å². The van der Waals surface area contributed by atoms with Crippen molar-refractivity contribution >= 4 is 22.6 Å². The van der Waals surface area contributed by atoms with Gasteiger partial charge in [-0.1, -0.05) is 0 Å². The quantitative estimate of drug-likeness (QED) is 0.760. The average Bonchev–Trinajstić information content (AvgIpc) is 2.53. The second-order valence-corrected chi connectivity index (χ2v) is 4.59. The first-order valence-corrected chi connectivity index (χ1v) is 7.34. The molecule has 0 saturated heterocycles. The Balaban J connectivity index is 2.55. The number of aliphatic hydroxyl groups excluding tert-OH is 1. The predicted octanol–water partition coefficient (Wildman–Crippen LogP) is 1.63. The first-order chi connectivity index (χ1) is 10.7. The summed E-state index contributed by atoms with van der Waals surface area (Å²) < 4.78 is 10.6. The second kappa shape index (κ2) is 7.61. The van der Waals surface area contributed by atoms with E-state index in [0.717, 1.165) is 16.7 Å². The van der Waals surface area contributed by atoms with Gasteiger partial charge < -0.3 is 19.9 Å². The van der Waals surface area contributed by atoms with Crippen LogP contribution >= 0.6 is 0 Å². The molecular weight excluding hydrogens is 284 g/mol. The van der Waals surface area contributed by atoms with Crippen LogP contribution in [0.15, 0.2) is 24.4 Å². The number of aliphatic hydroxyl groups is 1. The molecule has 3 N–H and O–H groups in total. The number of aromatic nitrogens is 1. The summed E-state index contributed by atoms with van der Waals surface area (Å²) in [6.07, 6.45) is 1.61. The van der Waals surface area contributed by atoms with E-state index in [4.69, 9.17) is 14.6 Å². The van der Waals surface area contributed by atoms with Crippen LogP contribution in [0.25, 0.3) is 10.9 Å². The molecule has 0 amide bonds. The fourth-order valence-electron chi connectivity index (χ4n) is 2.22. The van der Waals surface area contributed by atoms with Crippen molar-refractivity contribution in [1.82, 2.24) is 0 Å². The minimum Gasteiger partial charge on any atom is -0.494 e. The smallest absolute Gasteiger partial charge is 0.346 e. The van der Waals surface area contributed by atoms with Gasteiger partial charge in [0, 0.05) is 12.6 Å². The van der Waals surface area contributed by atoms with Crippen molar-refractivity contribution < 1.29 is 24.4 Å². The maximum Gasteiger partial charge on any atom is 0.346 e. The lowest BCUT2D eigenvalue weighted by Crippen LogP contribution is -2.17. The minimum atomic E-state index is -0.414. The number of hydrogen-bond donors (Lipinski definition) is 2. The molecule has 118 valence electrons. The molecule has 0 fully saturated rings. The van der Waals surface area contributed by atoms with Gasteiger partial charge in [0.1, 0.15) is 11.3 Å². The lowest BCUT2D eigenvalue weighted by atomic mass is 10.1. The van der Waals surface area contributed by atoms with Crippen LogP contribution in [0.3, 0.4) is 0 Å². The lowest BCUT2D eigenvalue weighted by molar-refractivity contribution is -0.344. The number of anilines is 1. The van der Waals surface area contributed by atoms with E-state index in [1.54, 1.807) is 13.1 Å². The molecule has 1 aromatic heterocycles. The summed E-state index contributed by atoms with van der Waals surface area (Å²) in [5.41, 5.74) is 1.89. The molecule has 6 heteroatoms. The van der Waals surface area contributed by atoms with Crippen molar-refractivity contribution in [2.24, 2.45) is 0 Å². The average molecular weight is 305 g/mol. The normalized spacial score (nSPS) is 10.5. The Morgan fingerprint density at radius 1 is 1.32 bits per heavy atom. The number of fused-ring (bicyclic) bond motifs is 1. The van der Waals surface area contributed by atoms with Crippen LogP contribution < -0.4 is 15.0 Å². The van der Waals surface area contributed by atoms with E-state index >= 15 is 0 Å². The molecule has 6 nitrogen and oxygen atoms in total. The Kier molecular flexibility index (Phi) is 5.55. The van der Waals surface area contributed by atoms with Crippen molar-refractivity contribution in [3.63, 3.8) is 0 Å². The highest BCUT2D eigenvalue weighted by atomic mass is 16.5. The molecule has 0 saturated carbocycles. The zero-order chi connectivity index (χ0) is 15.9. The fraction of sp³-hybridized carbons (Fsp3) is 0.375. The van der Waals surface area contributed by atoms with Gasteiger partial charge in [-0.2, -0.15) is 0 Å².